The Morgan fingerprint density at radius 2 is 2.25 bits per heavy atom. The molecule has 88 valence electrons. The summed E-state index contributed by atoms with van der Waals surface area (Å²) in [5, 5.41) is 19.1. The zero-order chi connectivity index (χ0) is 12.0. The fraction of sp³-hybridized carbons (Fsp3) is 0.400. The highest BCUT2D eigenvalue weighted by molar-refractivity contribution is 7.98. The van der Waals surface area contributed by atoms with Crippen molar-refractivity contribution in [3.8, 4) is 0 Å². The topological polar surface area (TPSA) is 89.4 Å². The van der Waals surface area contributed by atoms with Gasteiger partial charge < -0.3 is 10.8 Å². The summed E-state index contributed by atoms with van der Waals surface area (Å²) >= 11 is 1.67. The number of nitro groups is 1. The van der Waals surface area contributed by atoms with Crippen LogP contribution in [0.5, 0.6) is 0 Å². The number of hydrogen-bond acceptors (Lipinski definition) is 5. The number of thioether (sulfide) groups is 1. The van der Waals surface area contributed by atoms with Gasteiger partial charge in [-0.1, -0.05) is 6.07 Å². The minimum atomic E-state index is -0.488. The summed E-state index contributed by atoms with van der Waals surface area (Å²) in [4.78, 5) is 10.0. The molecule has 0 unspecified atom stereocenters. The van der Waals surface area contributed by atoms with Crippen LogP contribution in [-0.2, 0) is 5.75 Å². The number of aliphatic hydroxyl groups is 1. The van der Waals surface area contributed by atoms with Crippen molar-refractivity contribution in [2.75, 3.05) is 18.1 Å². The van der Waals surface area contributed by atoms with Crippen molar-refractivity contribution in [3.05, 3.63) is 33.9 Å². The van der Waals surface area contributed by atoms with E-state index < -0.39 is 4.92 Å². The lowest BCUT2D eigenvalue weighted by Crippen LogP contribution is -1.96. The molecule has 6 heteroatoms. The van der Waals surface area contributed by atoms with Gasteiger partial charge in [-0.2, -0.15) is 11.8 Å². The molecular formula is C10H14N2O3S. The van der Waals surface area contributed by atoms with Gasteiger partial charge in [-0.25, -0.2) is 0 Å². The summed E-state index contributed by atoms with van der Waals surface area (Å²) in [5.74, 6) is 1.62. The largest absolute Gasteiger partial charge is 0.396 e. The molecule has 0 saturated carbocycles. The third kappa shape index (κ3) is 3.71. The molecule has 0 heterocycles. The number of nitrogens with zero attached hydrogens (tertiary/aromatic N) is 1. The molecular weight excluding hydrogens is 228 g/mol. The molecule has 0 saturated heterocycles. The molecule has 0 spiro atoms. The Kier molecular flexibility index (Phi) is 5.07. The van der Waals surface area contributed by atoms with Crippen LogP contribution in [0.3, 0.4) is 0 Å². The van der Waals surface area contributed by atoms with Gasteiger partial charge in [0.1, 0.15) is 5.69 Å². The number of rotatable bonds is 6. The fourth-order valence-electron chi connectivity index (χ4n) is 1.22. The van der Waals surface area contributed by atoms with Crippen molar-refractivity contribution >= 4 is 23.1 Å². The molecule has 0 bridgehead atoms. The van der Waals surface area contributed by atoms with Gasteiger partial charge in [-0.15, -0.1) is 0 Å². The Hall–Kier alpha value is -1.27. The fourth-order valence-corrected chi connectivity index (χ4v) is 2.11. The van der Waals surface area contributed by atoms with Gasteiger partial charge in [0.2, 0.25) is 0 Å². The van der Waals surface area contributed by atoms with Gasteiger partial charge in [0.15, 0.2) is 0 Å². The quantitative estimate of drug-likeness (QED) is 0.343. The summed E-state index contributed by atoms with van der Waals surface area (Å²) in [7, 11) is 0. The van der Waals surface area contributed by atoms with Crippen LogP contribution in [0.2, 0.25) is 0 Å². The predicted octanol–water partition coefficient (Wildman–Crippen LogP) is 1.79. The van der Waals surface area contributed by atoms with E-state index >= 15 is 0 Å². The summed E-state index contributed by atoms with van der Waals surface area (Å²) in [6.45, 7) is 0.190. The molecule has 3 N–H and O–H groups in total. The van der Waals surface area contributed by atoms with E-state index in [0.717, 1.165) is 23.5 Å². The molecule has 16 heavy (non-hydrogen) atoms. The van der Waals surface area contributed by atoms with E-state index in [-0.39, 0.29) is 18.0 Å². The van der Waals surface area contributed by atoms with Crippen molar-refractivity contribution in [3.63, 3.8) is 0 Å². The van der Waals surface area contributed by atoms with Crippen molar-refractivity contribution in [1.82, 2.24) is 0 Å². The summed E-state index contributed by atoms with van der Waals surface area (Å²) < 4.78 is 0. The Morgan fingerprint density at radius 3 is 2.81 bits per heavy atom. The molecule has 0 aromatic heterocycles. The lowest BCUT2D eigenvalue weighted by Gasteiger charge is -2.03. The molecule has 1 aromatic carbocycles. The third-order valence-electron chi connectivity index (χ3n) is 2.00. The molecule has 5 nitrogen and oxygen atoms in total. The Balaban J connectivity index is 2.56. The van der Waals surface area contributed by atoms with Gasteiger partial charge in [0, 0.05) is 18.4 Å². The molecule has 0 atom stereocenters. The van der Waals surface area contributed by atoms with Gasteiger partial charge >= 0.3 is 0 Å². The Morgan fingerprint density at radius 1 is 1.50 bits per heavy atom. The number of aliphatic hydroxyl groups excluding tert-OH is 1. The highest BCUT2D eigenvalue weighted by Gasteiger charge is 2.10. The molecule has 0 aliphatic rings. The van der Waals surface area contributed by atoms with Crippen LogP contribution in [0, 0.1) is 10.1 Å². The zero-order valence-electron chi connectivity index (χ0n) is 8.76. The average Bonchev–Trinajstić information content (AvgIpc) is 2.24. The number of benzene rings is 1. The van der Waals surface area contributed by atoms with E-state index in [1.165, 1.54) is 6.07 Å². The van der Waals surface area contributed by atoms with Crippen LogP contribution >= 0.6 is 11.8 Å². The number of anilines is 1. The van der Waals surface area contributed by atoms with Crippen LogP contribution < -0.4 is 5.73 Å². The average molecular weight is 242 g/mol. The first kappa shape index (κ1) is 12.8. The SMILES string of the molecule is Nc1cc(CSCCCO)ccc1[N+](=O)[O-]. The first-order valence-corrected chi connectivity index (χ1v) is 6.02. The first-order chi connectivity index (χ1) is 7.65. The van der Waals surface area contributed by atoms with E-state index in [0.29, 0.717) is 0 Å². The van der Waals surface area contributed by atoms with Crippen LogP contribution in [0.4, 0.5) is 11.4 Å². The van der Waals surface area contributed by atoms with Crippen LogP contribution in [-0.4, -0.2) is 22.4 Å². The maximum Gasteiger partial charge on any atom is 0.292 e. The van der Waals surface area contributed by atoms with E-state index in [1.54, 1.807) is 23.9 Å². The molecule has 1 rings (SSSR count). The molecule has 0 aliphatic carbocycles. The molecule has 0 fully saturated rings. The third-order valence-corrected chi connectivity index (χ3v) is 3.12. The lowest BCUT2D eigenvalue weighted by molar-refractivity contribution is -0.383. The number of hydrogen-bond donors (Lipinski definition) is 2. The number of nitrogens with two attached hydrogens (primary N) is 1. The van der Waals surface area contributed by atoms with E-state index in [1.807, 2.05) is 0 Å². The van der Waals surface area contributed by atoms with E-state index in [9.17, 15) is 10.1 Å². The zero-order valence-corrected chi connectivity index (χ0v) is 9.57. The van der Waals surface area contributed by atoms with Crippen molar-refractivity contribution < 1.29 is 10.0 Å². The molecule has 0 aliphatic heterocycles. The summed E-state index contributed by atoms with van der Waals surface area (Å²) in [6.07, 6.45) is 0.757. The van der Waals surface area contributed by atoms with E-state index in [2.05, 4.69) is 0 Å². The van der Waals surface area contributed by atoms with Crippen molar-refractivity contribution in [2.24, 2.45) is 0 Å². The normalized spacial score (nSPS) is 10.3. The highest BCUT2D eigenvalue weighted by Crippen LogP contribution is 2.24. The second-order valence-electron chi connectivity index (χ2n) is 3.28. The predicted molar refractivity (Wildman–Crippen MR) is 65.4 cm³/mol. The maximum atomic E-state index is 10.5. The molecule has 0 amide bonds. The molecule has 0 radical (unpaired) electrons. The monoisotopic (exact) mass is 242 g/mol. The van der Waals surface area contributed by atoms with Gasteiger partial charge in [-0.3, -0.25) is 10.1 Å². The minimum absolute atomic E-state index is 0.0518. The first-order valence-electron chi connectivity index (χ1n) is 4.86. The van der Waals surface area contributed by atoms with Gasteiger partial charge in [0.25, 0.3) is 5.69 Å². The van der Waals surface area contributed by atoms with Crippen LogP contribution in [0.15, 0.2) is 18.2 Å². The van der Waals surface area contributed by atoms with Crippen molar-refractivity contribution in [1.29, 1.82) is 0 Å². The van der Waals surface area contributed by atoms with Gasteiger partial charge in [0.05, 0.1) is 4.92 Å². The Labute approximate surface area is 97.8 Å². The second-order valence-corrected chi connectivity index (χ2v) is 4.39. The van der Waals surface area contributed by atoms with Crippen molar-refractivity contribution in [2.45, 2.75) is 12.2 Å². The summed E-state index contributed by atoms with van der Waals surface area (Å²) in [6, 6.07) is 4.77. The second kappa shape index (κ2) is 6.34. The highest BCUT2D eigenvalue weighted by atomic mass is 32.2. The van der Waals surface area contributed by atoms with Gasteiger partial charge in [-0.05, 0) is 23.8 Å². The minimum Gasteiger partial charge on any atom is -0.396 e. The number of nitro benzene ring substituents is 1. The van der Waals surface area contributed by atoms with Crippen LogP contribution in [0.25, 0.3) is 0 Å². The standard InChI is InChI=1S/C10H14N2O3S/c11-9-6-8(7-16-5-1-4-13)2-3-10(9)12(14)15/h2-3,6,13H,1,4-5,7,11H2. The summed E-state index contributed by atoms with van der Waals surface area (Å²) in [5.41, 5.74) is 6.67. The number of nitrogen functional groups attached to an aromatic ring is 1. The lowest BCUT2D eigenvalue weighted by atomic mass is 10.2. The Bertz CT molecular complexity index is 371. The maximum absolute atomic E-state index is 10.5. The smallest absolute Gasteiger partial charge is 0.292 e. The van der Waals surface area contributed by atoms with E-state index in [4.69, 9.17) is 10.8 Å². The molecule has 1 aromatic rings. The van der Waals surface area contributed by atoms with Crippen LogP contribution in [0.1, 0.15) is 12.0 Å².